The number of hydrogen-bond acceptors (Lipinski definition) is 4. The van der Waals surface area contributed by atoms with Crippen LogP contribution in [0.3, 0.4) is 0 Å². The summed E-state index contributed by atoms with van der Waals surface area (Å²) in [5.74, 6) is -0.829. The molecule has 5 nitrogen and oxygen atoms in total. The minimum Gasteiger partial charge on any atom is -0.338 e. The molecule has 0 radical (unpaired) electrons. The van der Waals surface area contributed by atoms with Crippen molar-refractivity contribution in [2.45, 2.75) is 46.3 Å². The number of alkyl halides is 3. The lowest BCUT2D eigenvalue weighted by Gasteiger charge is -2.29. The summed E-state index contributed by atoms with van der Waals surface area (Å²) in [6.45, 7) is 6.89. The normalized spacial score (nSPS) is 15.0. The average Bonchev–Trinajstić information content (AvgIpc) is 3.24. The summed E-state index contributed by atoms with van der Waals surface area (Å²) in [7, 11) is 0. The fourth-order valence-electron chi connectivity index (χ4n) is 2.74. The quantitative estimate of drug-likeness (QED) is 0.763. The molecule has 1 aromatic carbocycles. The Morgan fingerprint density at radius 3 is 2.30 bits per heavy atom. The van der Waals surface area contributed by atoms with E-state index in [0.717, 1.165) is 24.9 Å². The lowest BCUT2D eigenvalue weighted by Crippen LogP contribution is -2.40. The van der Waals surface area contributed by atoms with Gasteiger partial charge in [-0.15, -0.1) is 0 Å². The molecule has 0 N–H and O–H groups in total. The zero-order chi connectivity index (χ0) is 19.8. The van der Waals surface area contributed by atoms with Gasteiger partial charge in [-0.1, -0.05) is 50.2 Å². The molecule has 1 heterocycles. The van der Waals surface area contributed by atoms with Crippen LogP contribution in [0.15, 0.2) is 28.8 Å². The Labute approximate surface area is 155 Å². The molecule has 0 unspecified atom stereocenters. The number of hydrogen-bond donors (Lipinski definition) is 0. The molecule has 0 bridgehead atoms. The maximum Gasteiger partial charge on any atom is 0.471 e. The van der Waals surface area contributed by atoms with Gasteiger partial charge in [0.05, 0.1) is 0 Å². The first-order valence-electron chi connectivity index (χ1n) is 8.83. The summed E-state index contributed by atoms with van der Waals surface area (Å²) in [6, 6.07) is 6.82. The van der Waals surface area contributed by atoms with Crippen LogP contribution in [-0.4, -0.2) is 27.5 Å². The molecule has 1 aliphatic rings. The molecule has 27 heavy (non-hydrogen) atoms. The first kappa shape index (κ1) is 19.4. The number of aromatic nitrogens is 2. The number of benzene rings is 1. The van der Waals surface area contributed by atoms with Gasteiger partial charge in [0.1, 0.15) is 0 Å². The second-order valence-electron chi connectivity index (χ2n) is 8.00. The van der Waals surface area contributed by atoms with Gasteiger partial charge in [0, 0.05) is 24.1 Å². The zero-order valence-corrected chi connectivity index (χ0v) is 15.5. The van der Waals surface area contributed by atoms with E-state index in [-0.39, 0.29) is 11.7 Å². The molecular formula is C19H22F3N3O2. The minimum absolute atomic E-state index is 0.0893. The van der Waals surface area contributed by atoms with Gasteiger partial charge in [-0.05, 0) is 24.3 Å². The topological polar surface area (TPSA) is 59.2 Å². The minimum atomic E-state index is -4.66. The van der Waals surface area contributed by atoms with Crippen LogP contribution in [0.5, 0.6) is 0 Å². The van der Waals surface area contributed by atoms with Crippen molar-refractivity contribution >= 4 is 5.91 Å². The van der Waals surface area contributed by atoms with E-state index < -0.39 is 17.5 Å². The molecule has 2 aromatic rings. The summed E-state index contributed by atoms with van der Waals surface area (Å²) >= 11 is 0. The van der Waals surface area contributed by atoms with E-state index in [1.54, 1.807) is 24.3 Å². The van der Waals surface area contributed by atoms with Crippen molar-refractivity contribution < 1.29 is 22.5 Å². The van der Waals surface area contributed by atoms with Crippen LogP contribution in [0, 0.1) is 11.3 Å². The summed E-state index contributed by atoms with van der Waals surface area (Å²) in [6.07, 6.45) is -2.37. The SMILES string of the molecule is CC(C)(C)C(=O)N(Cc1ccc(-c2noc(C(F)(F)F)n2)cc1)CC1CC1. The van der Waals surface area contributed by atoms with Crippen molar-refractivity contribution in [3.8, 4) is 11.4 Å². The molecule has 0 atom stereocenters. The van der Waals surface area contributed by atoms with E-state index in [1.165, 1.54) is 0 Å². The Hall–Kier alpha value is -2.38. The standard InChI is InChI=1S/C19H22F3N3O2/c1-18(2,3)17(26)25(10-12-4-5-12)11-13-6-8-14(9-7-13)15-23-16(27-24-15)19(20,21)22/h6-9,12H,4-5,10-11H2,1-3H3. The third-order valence-electron chi connectivity index (χ3n) is 4.36. The zero-order valence-electron chi connectivity index (χ0n) is 15.5. The first-order chi connectivity index (χ1) is 12.5. The summed E-state index contributed by atoms with van der Waals surface area (Å²) in [5.41, 5.74) is 0.860. The maximum atomic E-state index is 12.7. The average molecular weight is 381 g/mol. The van der Waals surface area contributed by atoms with Gasteiger partial charge in [0.25, 0.3) is 0 Å². The number of nitrogens with zero attached hydrogens (tertiary/aromatic N) is 3. The van der Waals surface area contributed by atoms with Gasteiger partial charge in [0.15, 0.2) is 0 Å². The molecule has 0 aliphatic heterocycles. The molecule has 8 heteroatoms. The lowest BCUT2D eigenvalue weighted by atomic mass is 9.94. The van der Waals surface area contributed by atoms with Gasteiger partial charge in [-0.2, -0.15) is 18.2 Å². The van der Waals surface area contributed by atoms with Crippen molar-refractivity contribution in [1.29, 1.82) is 0 Å². The van der Waals surface area contributed by atoms with Gasteiger partial charge < -0.3 is 9.42 Å². The molecule has 1 fully saturated rings. The van der Waals surface area contributed by atoms with Gasteiger partial charge >= 0.3 is 12.1 Å². The second kappa shape index (κ2) is 6.98. The van der Waals surface area contributed by atoms with Crippen molar-refractivity contribution in [2.24, 2.45) is 11.3 Å². The Bertz CT molecular complexity index is 803. The van der Waals surface area contributed by atoms with Crippen LogP contribution in [0.4, 0.5) is 13.2 Å². The van der Waals surface area contributed by atoms with E-state index in [4.69, 9.17) is 0 Å². The summed E-state index contributed by atoms with van der Waals surface area (Å²) < 4.78 is 42.0. The number of amides is 1. The molecule has 1 saturated carbocycles. The molecule has 1 aromatic heterocycles. The van der Waals surface area contributed by atoms with Crippen LogP contribution in [0.1, 0.15) is 45.1 Å². The summed E-state index contributed by atoms with van der Waals surface area (Å²) in [5, 5.41) is 3.38. The molecule has 1 amide bonds. The Kier molecular flexibility index (Phi) is 5.01. The van der Waals surface area contributed by atoms with Crippen LogP contribution in [-0.2, 0) is 17.5 Å². The molecular weight excluding hydrogens is 359 g/mol. The summed E-state index contributed by atoms with van der Waals surface area (Å²) in [4.78, 5) is 18.0. The smallest absolute Gasteiger partial charge is 0.338 e. The largest absolute Gasteiger partial charge is 0.471 e. The second-order valence-corrected chi connectivity index (χ2v) is 8.00. The number of carbonyl (C=O) groups is 1. The van der Waals surface area contributed by atoms with Crippen molar-refractivity contribution in [3.05, 3.63) is 35.7 Å². The third-order valence-corrected chi connectivity index (χ3v) is 4.36. The highest BCUT2D eigenvalue weighted by Gasteiger charge is 2.38. The van der Waals surface area contributed by atoms with E-state index in [9.17, 15) is 18.0 Å². The van der Waals surface area contributed by atoms with Gasteiger partial charge in [-0.25, -0.2) is 0 Å². The maximum absolute atomic E-state index is 12.7. The highest BCUT2D eigenvalue weighted by molar-refractivity contribution is 5.81. The van der Waals surface area contributed by atoms with Crippen LogP contribution >= 0.6 is 0 Å². The third kappa shape index (κ3) is 4.87. The number of halogens is 3. The van der Waals surface area contributed by atoms with Crippen molar-refractivity contribution in [1.82, 2.24) is 15.0 Å². The number of carbonyl (C=O) groups excluding carboxylic acids is 1. The molecule has 0 spiro atoms. The van der Waals surface area contributed by atoms with Crippen molar-refractivity contribution in [3.63, 3.8) is 0 Å². The fraction of sp³-hybridized carbons (Fsp3) is 0.526. The van der Waals surface area contributed by atoms with Crippen molar-refractivity contribution in [2.75, 3.05) is 6.54 Å². The fourth-order valence-corrected chi connectivity index (χ4v) is 2.74. The monoisotopic (exact) mass is 381 g/mol. The first-order valence-corrected chi connectivity index (χ1v) is 8.83. The van der Waals surface area contributed by atoms with Crippen LogP contribution in [0.25, 0.3) is 11.4 Å². The Morgan fingerprint density at radius 2 is 1.81 bits per heavy atom. The Balaban J connectivity index is 1.73. The predicted octanol–water partition coefficient (Wildman–Crippen LogP) is 4.54. The van der Waals surface area contributed by atoms with Gasteiger partial charge in [0.2, 0.25) is 11.7 Å². The molecule has 3 rings (SSSR count). The van der Waals surface area contributed by atoms with Gasteiger partial charge in [-0.3, -0.25) is 4.79 Å². The van der Waals surface area contributed by atoms with E-state index >= 15 is 0 Å². The van der Waals surface area contributed by atoms with Crippen LogP contribution < -0.4 is 0 Å². The molecule has 146 valence electrons. The highest BCUT2D eigenvalue weighted by Crippen LogP contribution is 2.32. The number of rotatable bonds is 5. The van der Waals surface area contributed by atoms with E-state index in [2.05, 4.69) is 14.7 Å². The predicted molar refractivity (Wildman–Crippen MR) is 92.3 cm³/mol. The lowest BCUT2D eigenvalue weighted by molar-refractivity contribution is -0.159. The molecule has 0 saturated heterocycles. The van der Waals surface area contributed by atoms with Crippen LogP contribution in [0.2, 0.25) is 0 Å². The van der Waals surface area contributed by atoms with E-state index in [0.29, 0.717) is 18.0 Å². The van der Waals surface area contributed by atoms with E-state index in [1.807, 2.05) is 25.7 Å². The Morgan fingerprint density at radius 1 is 1.19 bits per heavy atom. The highest BCUT2D eigenvalue weighted by atomic mass is 19.4. The molecule has 1 aliphatic carbocycles.